The van der Waals surface area contributed by atoms with E-state index in [-0.39, 0.29) is 5.82 Å². The van der Waals surface area contributed by atoms with Crippen molar-refractivity contribution in [3.8, 4) is 5.75 Å². The summed E-state index contributed by atoms with van der Waals surface area (Å²) in [6.07, 6.45) is 0. The molecule has 0 heterocycles. The van der Waals surface area contributed by atoms with Gasteiger partial charge in [0.2, 0.25) is 0 Å². The second kappa shape index (κ2) is 8.88. The van der Waals surface area contributed by atoms with Gasteiger partial charge >= 0.3 is 0 Å². The maximum Gasteiger partial charge on any atom is 0.165 e. The van der Waals surface area contributed by atoms with Crippen molar-refractivity contribution in [2.24, 2.45) is 5.92 Å². The van der Waals surface area contributed by atoms with E-state index in [0.717, 1.165) is 12.1 Å². The SMILES string of the molecule is CCNCc1cccc(F)c1OCCOCC(C)C. The van der Waals surface area contributed by atoms with Gasteiger partial charge in [-0.1, -0.05) is 32.9 Å². The summed E-state index contributed by atoms with van der Waals surface area (Å²) in [5.41, 5.74) is 0.839. The average Bonchev–Trinajstić information content (AvgIpc) is 2.37. The zero-order valence-corrected chi connectivity index (χ0v) is 12.0. The van der Waals surface area contributed by atoms with Crippen molar-refractivity contribution in [3.63, 3.8) is 0 Å². The molecule has 4 heteroatoms. The van der Waals surface area contributed by atoms with Crippen LogP contribution in [0.2, 0.25) is 0 Å². The fourth-order valence-corrected chi connectivity index (χ4v) is 1.64. The molecule has 1 aromatic rings. The Morgan fingerprint density at radius 2 is 2.05 bits per heavy atom. The van der Waals surface area contributed by atoms with Gasteiger partial charge in [0.15, 0.2) is 11.6 Å². The molecule has 1 N–H and O–H groups in total. The minimum absolute atomic E-state index is 0.320. The van der Waals surface area contributed by atoms with Gasteiger partial charge in [-0.15, -0.1) is 0 Å². The first kappa shape index (κ1) is 15.9. The quantitative estimate of drug-likeness (QED) is 0.699. The first-order chi connectivity index (χ1) is 9.15. The number of nitrogens with one attached hydrogen (secondary N) is 1. The Kier molecular flexibility index (Phi) is 7.45. The van der Waals surface area contributed by atoms with E-state index >= 15 is 0 Å². The van der Waals surface area contributed by atoms with Gasteiger partial charge in [0, 0.05) is 18.7 Å². The van der Waals surface area contributed by atoms with E-state index in [9.17, 15) is 4.39 Å². The van der Waals surface area contributed by atoms with Gasteiger partial charge in [-0.2, -0.15) is 0 Å². The molecule has 0 aliphatic carbocycles. The highest BCUT2D eigenvalue weighted by molar-refractivity contribution is 5.34. The Labute approximate surface area is 115 Å². The van der Waals surface area contributed by atoms with Crippen molar-refractivity contribution in [2.75, 3.05) is 26.4 Å². The summed E-state index contributed by atoms with van der Waals surface area (Å²) < 4.78 is 24.6. The Hall–Kier alpha value is -1.13. The number of halogens is 1. The summed E-state index contributed by atoms with van der Waals surface area (Å²) in [6.45, 7) is 9.19. The first-order valence-electron chi connectivity index (χ1n) is 6.83. The summed E-state index contributed by atoms with van der Waals surface area (Å²) in [4.78, 5) is 0. The van der Waals surface area contributed by atoms with Gasteiger partial charge in [-0.25, -0.2) is 4.39 Å². The molecule has 1 rings (SSSR count). The predicted octanol–water partition coefficient (Wildman–Crippen LogP) is 2.99. The molecule has 108 valence electrons. The summed E-state index contributed by atoms with van der Waals surface area (Å²) in [5, 5.41) is 3.17. The smallest absolute Gasteiger partial charge is 0.165 e. The summed E-state index contributed by atoms with van der Waals surface area (Å²) in [7, 11) is 0. The first-order valence-corrected chi connectivity index (χ1v) is 6.83. The average molecular weight is 269 g/mol. The van der Waals surface area contributed by atoms with Crippen molar-refractivity contribution < 1.29 is 13.9 Å². The molecule has 0 spiro atoms. The van der Waals surface area contributed by atoms with Gasteiger partial charge in [-0.05, 0) is 18.5 Å². The molecule has 0 bridgehead atoms. The molecule has 0 atom stereocenters. The lowest BCUT2D eigenvalue weighted by Gasteiger charge is -2.13. The number of rotatable bonds is 9. The predicted molar refractivity (Wildman–Crippen MR) is 74.9 cm³/mol. The van der Waals surface area contributed by atoms with E-state index in [1.807, 2.05) is 13.0 Å². The number of benzene rings is 1. The summed E-state index contributed by atoms with van der Waals surface area (Å²) >= 11 is 0. The van der Waals surface area contributed by atoms with Crippen molar-refractivity contribution in [2.45, 2.75) is 27.3 Å². The highest BCUT2D eigenvalue weighted by atomic mass is 19.1. The second-order valence-corrected chi connectivity index (χ2v) is 4.83. The maximum atomic E-state index is 13.7. The monoisotopic (exact) mass is 269 g/mol. The van der Waals surface area contributed by atoms with Gasteiger partial charge < -0.3 is 14.8 Å². The van der Waals surface area contributed by atoms with Crippen molar-refractivity contribution in [1.82, 2.24) is 5.32 Å². The summed E-state index contributed by atoms with van der Waals surface area (Å²) in [5.74, 6) is 0.508. The highest BCUT2D eigenvalue weighted by Crippen LogP contribution is 2.22. The van der Waals surface area contributed by atoms with E-state index in [0.29, 0.717) is 38.0 Å². The molecule has 0 saturated carbocycles. The fourth-order valence-electron chi connectivity index (χ4n) is 1.64. The molecular formula is C15H24FNO2. The molecule has 0 saturated heterocycles. The van der Waals surface area contributed by atoms with E-state index < -0.39 is 0 Å². The molecule has 0 aromatic heterocycles. The summed E-state index contributed by atoms with van der Waals surface area (Å²) in [6, 6.07) is 4.99. The lowest BCUT2D eigenvalue weighted by molar-refractivity contribution is 0.0804. The highest BCUT2D eigenvalue weighted by Gasteiger charge is 2.09. The molecule has 0 unspecified atom stereocenters. The molecule has 3 nitrogen and oxygen atoms in total. The van der Waals surface area contributed by atoms with Crippen LogP contribution in [0.5, 0.6) is 5.75 Å². The van der Waals surface area contributed by atoms with Gasteiger partial charge in [-0.3, -0.25) is 0 Å². The third kappa shape index (κ3) is 6.03. The minimum Gasteiger partial charge on any atom is -0.488 e. The van der Waals surface area contributed by atoms with Gasteiger partial charge in [0.1, 0.15) is 6.61 Å². The number of ether oxygens (including phenoxy) is 2. The van der Waals surface area contributed by atoms with E-state index in [1.165, 1.54) is 6.07 Å². The van der Waals surface area contributed by atoms with Crippen molar-refractivity contribution >= 4 is 0 Å². The molecular weight excluding hydrogens is 245 g/mol. The zero-order valence-electron chi connectivity index (χ0n) is 12.0. The van der Waals surface area contributed by atoms with Gasteiger partial charge in [0.05, 0.1) is 6.61 Å². The standard InChI is InChI=1S/C15H24FNO2/c1-4-17-10-13-6-5-7-14(16)15(13)19-9-8-18-11-12(2)3/h5-7,12,17H,4,8-11H2,1-3H3. The molecule has 0 fully saturated rings. The largest absolute Gasteiger partial charge is 0.488 e. The van der Waals surface area contributed by atoms with Crippen molar-refractivity contribution in [1.29, 1.82) is 0 Å². The normalized spacial score (nSPS) is 11.0. The molecule has 19 heavy (non-hydrogen) atoms. The van der Waals surface area contributed by atoms with Crippen LogP contribution in [-0.2, 0) is 11.3 Å². The topological polar surface area (TPSA) is 30.5 Å². The van der Waals surface area contributed by atoms with Crippen LogP contribution in [0.4, 0.5) is 4.39 Å². The third-order valence-electron chi connectivity index (χ3n) is 2.54. The zero-order chi connectivity index (χ0) is 14.1. The van der Waals surface area contributed by atoms with Crippen LogP contribution >= 0.6 is 0 Å². The second-order valence-electron chi connectivity index (χ2n) is 4.83. The van der Waals surface area contributed by atoms with E-state index in [4.69, 9.17) is 9.47 Å². The van der Waals surface area contributed by atoms with Crippen LogP contribution in [0, 0.1) is 11.7 Å². The van der Waals surface area contributed by atoms with Crippen LogP contribution < -0.4 is 10.1 Å². The minimum atomic E-state index is -0.320. The molecule has 0 aliphatic heterocycles. The van der Waals surface area contributed by atoms with Crippen LogP contribution in [0.15, 0.2) is 18.2 Å². The van der Waals surface area contributed by atoms with Crippen molar-refractivity contribution in [3.05, 3.63) is 29.6 Å². The Morgan fingerprint density at radius 1 is 1.26 bits per heavy atom. The van der Waals surface area contributed by atoms with E-state index in [1.54, 1.807) is 6.07 Å². The van der Waals surface area contributed by atoms with Crippen LogP contribution in [0.1, 0.15) is 26.3 Å². The van der Waals surface area contributed by atoms with Crippen LogP contribution in [0.25, 0.3) is 0 Å². The third-order valence-corrected chi connectivity index (χ3v) is 2.54. The molecule has 0 aliphatic rings. The lowest BCUT2D eigenvalue weighted by atomic mass is 10.2. The number of para-hydroxylation sites is 1. The Bertz CT molecular complexity index is 369. The van der Waals surface area contributed by atoms with E-state index in [2.05, 4.69) is 19.2 Å². The number of hydrogen-bond acceptors (Lipinski definition) is 3. The fraction of sp³-hybridized carbons (Fsp3) is 0.600. The van der Waals surface area contributed by atoms with Crippen LogP contribution in [-0.4, -0.2) is 26.4 Å². The lowest BCUT2D eigenvalue weighted by Crippen LogP contribution is -2.15. The Balaban J connectivity index is 2.46. The Morgan fingerprint density at radius 3 is 2.74 bits per heavy atom. The molecule has 0 amide bonds. The van der Waals surface area contributed by atoms with Crippen LogP contribution in [0.3, 0.4) is 0 Å². The molecule has 1 aromatic carbocycles. The molecule has 0 radical (unpaired) electrons. The number of hydrogen-bond donors (Lipinski definition) is 1. The van der Waals surface area contributed by atoms with Gasteiger partial charge in [0.25, 0.3) is 0 Å². The maximum absolute atomic E-state index is 13.7.